The maximum atomic E-state index is 2.43. The van der Waals surface area contributed by atoms with Crippen molar-refractivity contribution in [3.05, 3.63) is 0 Å². The Kier molecular flexibility index (Phi) is 28.5. The summed E-state index contributed by atoms with van der Waals surface area (Å²) in [6.07, 6.45) is 0. The van der Waals surface area contributed by atoms with Gasteiger partial charge in [0.15, 0.2) is 0 Å². The van der Waals surface area contributed by atoms with E-state index in [0.29, 0.717) is 0 Å². The van der Waals surface area contributed by atoms with Crippen molar-refractivity contribution in [3.63, 3.8) is 0 Å². The van der Waals surface area contributed by atoms with Crippen LogP contribution in [-0.2, 0) is 19.5 Å². The van der Waals surface area contributed by atoms with Gasteiger partial charge in [0.25, 0.3) is 0 Å². The summed E-state index contributed by atoms with van der Waals surface area (Å²) in [5.74, 6) is 0. The maximum Gasteiger partial charge on any atom is 2.00 e. The molecule has 0 unspecified atom stereocenters. The fraction of sp³-hybridized carbons (Fsp3) is 1.00. The van der Waals surface area contributed by atoms with Crippen molar-refractivity contribution in [2.75, 3.05) is 40.3 Å². The zero-order chi connectivity index (χ0) is 7.98. The molecule has 0 aliphatic rings. The molecule has 0 saturated carbocycles. The smallest absolute Gasteiger partial charge is 1.00 e. The molecule has 78 valence electrons. The molecule has 0 aromatic heterocycles. The number of likely N-dealkylation sites (N-methyl/N-ethyl adjacent to an activating group) is 2. The van der Waals surface area contributed by atoms with Gasteiger partial charge in [0, 0.05) is 13.1 Å². The molecule has 0 aliphatic carbocycles. The second kappa shape index (κ2) is 15.6. The van der Waals surface area contributed by atoms with E-state index in [1.165, 1.54) is 26.2 Å². The van der Waals surface area contributed by atoms with Gasteiger partial charge in [-0.25, -0.2) is 0 Å². The van der Waals surface area contributed by atoms with Crippen molar-refractivity contribution >= 4 is 0 Å². The fourth-order valence-electron chi connectivity index (χ4n) is 0.881. The van der Waals surface area contributed by atoms with E-state index in [2.05, 4.69) is 37.7 Å². The number of hydrogen-bond acceptors (Lipinski definition) is 2. The Morgan fingerprint density at radius 2 is 1.23 bits per heavy atom. The first-order valence-corrected chi connectivity index (χ1v) is 4.07. The van der Waals surface area contributed by atoms with Crippen LogP contribution in [0.25, 0.3) is 0 Å². The molecular formula is C8H20Cl2N2Zn. The van der Waals surface area contributed by atoms with E-state index in [-0.39, 0.29) is 44.3 Å². The third-order valence-electron chi connectivity index (χ3n) is 1.76. The van der Waals surface area contributed by atoms with Crippen LogP contribution in [0.5, 0.6) is 0 Å². The van der Waals surface area contributed by atoms with Gasteiger partial charge in [-0.2, -0.15) is 0 Å². The molecule has 0 N–H and O–H groups in total. The largest absolute Gasteiger partial charge is 2.00 e. The molecule has 0 fully saturated rings. The average molecular weight is 281 g/mol. The number of nitrogens with zero attached hydrogens (tertiary/aromatic N) is 2. The van der Waals surface area contributed by atoms with Crippen molar-refractivity contribution in [1.29, 1.82) is 0 Å². The third-order valence-corrected chi connectivity index (χ3v) is 1.76. The van der Waals surface area contributed by atoms with Crippen LogP contribution in [-0.4, -0.2) is 50.1 Å². The van der Waals surface area contributed by atoms with E-state index in [1.54, 1.807) is 0 Å². The minimum atomic E-state index is 0. The summed E-state index contributed by atoms with van der Waals surface area (Å²) in [5, 5.41) is 0. The monoisotopic (exact) mass is 278 g/mol. The minimum absolute atomic E-state index is 0. The van der Waals surface area contributed by atoms with Gasteiger partial charge in [-0.05, 0) is 27.2 Å². The van der Waals surface area contributed by atoms with E-state index >= 15 is 0 Å². The molecule has 0 aromatic rings. The second-order valence-corrected chi connectivity index (χ2v) is 2.83. The fourth-order valence-corrected chi connectivity index (χ4v) is 0.881. The number of hydrogen-bond donors (Lipinski definition) is 0. The summed E-state index contributed by atoms with van der Waals surface area (Å²) in [6.45, 7) is 9.12. The van der Waals surface area contributed by atoms with Gasteiger partial charge >= 0.3 is 19.5 Å². The first-order chi connectivity index (χ1) is 4.70. The standard InChI is InChI=1S/C8H20N2.2ClH.Zn/c1-5-10(6-2)8-7-9(3)4;;;/h5-8H2,1-4H3;2*1H;/q;;;+2/p-2. The zero-order valence-corrected chi connectivity index (χ0v) is 13.7. The maximum absolute atomic E-state index is 2.43. The van der Waals surface area contributed by atoms with Crippen LogP contribution in [0.15, 0.2) is 0 Å². The molecule has 2 nitrogen and oxygen atoms in total. The first kappa shape index (κ1) is 23.7. The first-order valence-electron chi connectivity index (χ1n) is 4.07. The van der Waals surface area contributed by atoms with Crippen molar-refractivity contribution in [2.24, 2.45) is 0 Å². The molecule has 0 aliphatic heterocycles. The second-order valence-electron chi connectivity index (χ2n) is 2.83. The van der Waals surface area contributed by atoms with Crippen molar-refractivity contribution in [1.82, 2.24) is 9.80 Å². The van der Waals surface area contributed by atoms with Crippen molar-refractivity contribution in [3.8, 4) is 0 Å². The van der Waals surface area contributed by atoms with Gasteiger partial charge in [0.2, 0.25) is 0 Å². The van der Waals surface area contributed by atoms with Crippen LogP contribution in [0.3, 0.4) is 0 Å². The zero-order valence-electron chi connectivity index (χ0n) is 9.19. The summed E-state index contributed by atoms with van der Waals surface area (Å²) in [5.41, 5.74) is 0. The molecule has 0 amide bonds. The molecule has 0 rings (SSSR count). The Morgan fingerprint density at radius 3 is 1.46 bits per heavy atom. The van der Waals surface area contributed by atoms with E-state index in [9.17, 15) is 0 Å². The molecule has 0 bridgehead atoms. The van der Waals surface area contributed by atoms with Gasteiger partial charge in [-0.1, -0.05) is 13.8 Å². The Morgan fingerprint density at radius 1 is 0.846 bits per heavy atom. The minimum Gasteiger partial charge on any atom is -1.00 e. The SMILES string of the molecule is CCN(CC)CCN(C)C.[Cl-].[Cl-].[Zn+2]. The predicted octanol–water partition coefficient (Wildman–Crippen LogP) is -5.10. The van der Waals surface area contributed by atoms with Crippen LogP contribution in [0, 0.1) is 0 Å². The topological polar surface area (TPSA) is 6.48 Å². The molecule has 0 saturated heterocycles. The Hall–Kier alpha value is 1.12. The molecular weight excluding hydrogens is 260 g/mol. The summed E-state index contributed by atoms with van der Waals surface area (Å²) < 4.78 is 0. The normalized spacial score (nSPS) is 8.77. The van der Waals surface area contributed by atoms with Crippen LogP contribution in [0.2, 0.25) is 0 Å². The Bertz CT molecular complexity index is 80.5. The molecule has 0 spiro atoms. The van der Waals surface area contributed by atoms with Crippen LogP contribution in [0.1, 0.15) is 13.8 Å². The molecule has 5 heteroatoms. The summed E-state index contributed by atoms with van der Waals surface area (Å²) >= 11 is 0. The van der Waals surface area contributed by atoms with Crippen molar-refractivity contribution in [2.45, 2.75) is 13.8 Å². The molecule has 0 aromatic carbocycles. The quantitative estimate of drug-likeness (QED) is 0.465. The van der Waals surface area contributed by atoms with Gasteiger partial charge in [0.05, 0.1) is 0 Å². The summed E-state index contributed by atoms with van der Waals surface area (Å²) in [7, 11) is 4.23. The molecule has 0 heterocycles. The van der Waals surface area contributed by atoms with Crippen molar-refractivity contribution < 1.29 is 44.3 Å². The molecule has 13 heavy (non-hydrogen) atoms. The number of halogens is 2. The summed E-state index contributed by atoms with van der Waals surface area (Å²) in [6, 6.07) is 0. The third kappa shape index (κ3) is 15.8. The van der Waals surface area contributed by atoms with E-state index in [0.717, 1.165) is 0 Å². The van der Waals surface area contributed by atoms with Gasteiger partial charge < -0.3 is 34.6 Å². The van der Waals surface area contributed by atoms with Crippen LogP contribution >= 0.6 is 0 Å². The van der Waals surface area contributed by atoms with Gasteiger partial charge in [-0.3, -0.25) is 0 Å². The van der Waals surface area contributed by atoms with Crippen LogP contribution in [0.4, 0.5) is 0 Å². The van der Waals surface area contributed by atoms with Gasteiger partial charge in [0.1, 0.15) is 0 Å². The Labute approximate surface area is 108 Å². The van der Waals surface area contributed by atoms with E-state index < -0.39 is 0 Å². The van der Waals surface area contributed by atoms with Crippen LogP contribution < -0.4 is 24.8 Å². The Balaban J connectivity index is -0.000000135. The molecule has 0 atom stereocenters. The summed E-state index contributed by atoms with van der Waals surface area (Å²) in [4.78, 5) is 4.65. The molecule has 0 radical (unpaired) electrons. The average Bonchev–Trinajstić information content (AvgIpc) is 1.90. The number of rotatable bonds is 5. The van der Waals surface area contributed by atoms with E-state index in [4.69, 9.17) is 0 Å². The predicted molar refractivity (Wildman–Crippen MR) is 46.3 cm³/mol. The van der Waals surface area contributed by atoms with Gasteiger partial charge in [-0.15, -0.1) is 0 Å². The van der Waals surface area contributed by atoms with E-state index in [1.807, 2.05) is 0 Å².